The molecule has 28 heavy (non-hydrogen) atoms. The van der Waals surface area contributed by atoms with Gasteiger partial charge in [-0.1, -0.05) is 10.3 Å². The van der Waals surface area contributed by atoms with Crippen LogP contribution in [0.15, 0.2) is 38.5 Å². The molecule has 0 aromatic carbocycles. The third-order valence-electron chi connectivity index (χ3n) is 4.91. The van der Waals surface area contributed by atoms with Crippen LogP contribution in [0.2, 0.25) is 0 Å². The van der Waals surface area contributed by atoms with Crippen molar-refractivity contribution in [3.63, 3.8) is 0 Å². The van der Waals surface area contributed by atoms with Gasteiger partial charge in [0.15, 0.2) is 11.6 Å². The number of pyridine rings is 1. The Kier molecular flexibility index (Phi) is 4.98. The first-order valence-electron chi connectivity index (χ1n) is 9.11. The molecule has 148 valence electrons. The molecule has 1 aliphatic rings. The van der Waals surface area contributed by atoms with Crippen molar-refractivity contribution in [2.45, 2.75) is 38.0 Å². The summed E-state index contributed by atoms with van der Waals surface area (Å²) in [7, 11) is -3.64. The van der Waals surface area contributed by atoms with E-state index in [1.165, 1.54) is 4.31 Å². The van der Waals surface area contributed by atoms with Gasteiger partial charge in [0.05, 0.1) is 0 Å². The summed E-state index contributed by atoms with van der Waals surface area (Å²) in [6, 6.07) is 3.60. The maximum atomic E-state index is 13.0. The largest absolute Gasteiger partial charge is 0.360 e. The second kappa shape index (κ2) is 7.44. The van der Waals surface area contributed by atoms with Gasteiger partial charge in [0.2, 0.25) is 10.0 Å². The first-order valence-corrected chi connectivity index (χ1v) is 10.5. The van der Waals surface area contributed by atoms with E-state index in [4.69, 9.17) is 9.05 Å². The monoisotopic (exact) mass is 403 g/mol. The summed E-state index contributed by atoms with van der Waals surface area (Å²) in [5.74, 6) is 1.45. The molecule has 0 saturated carbocycles. The van der Waals surface area contributed by atoms with Crippen LogP contribution < -0.4 is 0 Å². The van der Waals surface area contributed by atoms with Crippen molar-refractivity contribution in [1.82, 2.24) is 24.6 Å². The lowest BCUT2D eigenvalue weighted by Gasteiger charge is -2.31. The average Bonchev–Trinajstić information content (AvgIpc) is 3.29. The highest BCUT2D eigenvalue weighted by Crippen LogP contribution is 2.29. The van der Waals surface area contributed by atoms with Crippen LogP contribution in [0.5, 0.6) is 0 Å². The molecule has 1 fully saturated rings. The Balaban J connectivity index is 1.48. The summed E-state index contributed by atoms with van der Waals surface area (Å²) in [4.78, 5) is 8.59. The van der Waals surface area contributed by atoms with Gasteiger partial charge in [0, 0.05) is 37.5 Å². The Labute approximate surface area is 162 Å². The van der Waals surface area contributed by atoms with Crippen molar-refractivity contribution in [1.29, 1.82) is 0 Å². The van der Waals surface area contributed by atoms with Crippen LogP contribution in [0.4, 0.5) is 0 Å². The molecule has 1 aliphatic heterocycles. The number of nitrogens with zero attached hydrogens (tertiary/aromatic N) is 5. The molecule has 3 aromatic heterocycles. The van der Waals surface area contributed by atoms with Crippen molar-refractivity contribution >= 4 is 10.0 Å². The molecule has 4 rings (SSSR count). The summed E-state index contributed by atoms with van der Waals surface area (Å²) < 4.78 is 38.0. The molecule has 4 heterocycles. The number of piperidine rings is 1. The number of hydrogen-bond acceptors (Lipinski definition) is 8. The third kappa shape index (κ3) is 3.57. The van der Waals surface area contributed by atoms with Crippen LogP contribution in [-0.4, -0.2) is 46.1 Å². The second-order valence-electron chi connectivity index (χ2n) is 6.98. The highest BCUT2D eigenvalue weighted by Gasteiger charge is 2.34. The summed E-state index contributed by atoms with van der Waals surface area (Å²) >= 11 is 0. The van der Waals surface area contributed by atoms with Gasteiger partial charge in [-0.05, 0) is 44.7 Å². The van der Waals surface area contributed by atoms with E-state index in [9.17, 15) is 8.42 Å². The van der Waals surface area contributed by atoms with Crippen molar-refractivity contribution < 1.29 is 17.5 Å². The lowest BCUT2D eigenvalue weighted by atomic mass is 9.96. The SMILES string of the molecule is Cc1noc(C)c1S(=O)(=O)N1CCCC(Cc2noc(-c3ccncc3)n2)C1. The first kappa shape index (κ1) is 18.8. The molecule has 0 amide bonds. The normalized spacial score (nSPS) is 18.4. The van der Waals surface area contributed by atoms with Crippen LogP contribution in [0.3, 0.4) is 0 Å². The van der Waals surface area contributed by atoms with E-state index in [2.05, 4.69) is 20.3 Å². The molecule has 0 aliphatic carbocycles. The quantitative estimate of drug-likeness (QED) is 0.638. The Morgan fingerprint density at radius 3 is 2.68 bits per heavy atom. The predicted molar refractivity (Wildman–Crippen MR) is 98.7 cm³/mol. The van der Waals surface area contributed by atoms with Crippen LogP contribution in [-0.2, 0) is 16.4 Å². The fraction of sp³-hybridized carbons (Fsp3) is 0.444. The van der Waals surface area contributed by atoms with E-state index in [0.29, 0.717) is 42.7 Å². The Morgan fingerprint density at radius 2 is 1.96 bits per heavy atom. The molecule has 3 aromatic rings. The predicted octanol–water partition coefficient (Wildman–Crippen LogP) is 2.38. The minimum absolute atomic E-state index is 0.117. The minimum atomic E-state index is -3.64. The maximum Gasteiger partial charge on any atom is 0.258 e. The molecule has 10 heteroatoms. The molecular formula is C18H21N5O4S. The zero-order valence-corrected chi connectivity index (χ0v) is 16.5. The average molecular weight is 403 g/mol. The first-order chi connectivity index (χ1) is 13.4. The van der Waals surface area contributed by atoms with Gasteiger partial charge in [0.1, 0.15) is 10.6 Å². The summed E-state index contributed by atoms with van der Waals surface area (Å²) in [5.41, 5.74) is 1.19. The molecule has 0 N–H and O–H groups in total. The Morgan fingerprint density at radius 1 is 1.18 bits per heavy atom. The second-order valence-corrected chi connectivity index (χ2v) is 8.86. The lowest BCUT2D eigenvalue weighted by Crippen LogP contribution is -2.40. The van der Waals surface area contributed by atoms with Crippen molar-refractivity contribution in [2.75, 3.05) is 13.1 Å². The van der Waals surface area contributed by atoms with Crippen LogP contribution in [0, 0.1) is 19.8 Å². The van der Waals surface area contributed by atoms with Gasteiger partial charge in [-0.15, -0.1) is 0 Å². The van der Waals surface area contributed by atoms with Gasteiger partial charge in [0.25, 0.3) is 5.89 Å². The Bertz CT molecular complexity index is 1040. The molecule has 0 bridgehead atoms. The van der Waals surface area contributed by atoms with Crippen molar-refractivity contribution in [3.05, 3.63) is 41.8 Å². The van der Waals surface area contributed by atoms with E-state index in [0.717, 1.165) is 18.4 Å². The zero-order chi connectivity index (χ0) is 19.7. The number of hydrogen-bond donors (Lipinski definition) is 0. The summed E-state index contributed by atoms with van der Waals surface area (Å²) in [6.45, 7) is 4.15. The van der Waals surface area contributed by atoms with Crippen LogP contribution in [0.1, 0.15) is 30.1 Å². The number of aromatic nitrogens is 4. The number of aryl methyl sites for hydroxylation is 2. The smallest absolute Gasteiger partial charge is 0.258 e. The fourth-order valence-corrected chi connectivity index (χ4v) is 5.44. The van der Waals surface area contributed by atoms with E-state index >= 15 is 0 Å². The zero-order valence-electron chi connectivity index (χ0n) is 15.7. The highest BCUT2D eigenvalue weighted by molar-refractivity contribution is 7.89. The molecule has 0 spiro atoms. The van der Waals surface area contributed by atoms with Gasteiger partial charge in [-0.3, -0.25) is 4.98 Å². The number of sulfonamides is 1. The molecule has 1 saturated heterocycles. The van der Waals surface area contributed by atoms with Crippen molar-refractivity contribution in [3.8, 4) is 11.5 Å². The third-order valence-corrected chi connectivity index (χ3v) is 7.02. The van der Waals surface area contributed by atoms with E-state index in [-0.39, 0.29) is 10.8 Å². The van der Waals surface area contributed by atoms with Crippen molar-refractivity contribution in [2.24, 2.45) is 5.92 Å². The highest BCUT2D eigenvalue weighted by atomic mass is 32.2. The van der Waals surface area contributed by atoms with E-state index in [1.807, 2.05) is 0 Å². The minimum Gasteiger partial charge on any atom is -0.360 e. The van der Waals surface area contributed by atoms with Gasteiger partial charge in [-0.2, -0.15) is 9.29 Å². The molecule has 1 unspecified atom stereocenters. The summed E-state index contributed by atoms with van der Waals surface area (Å²) in [5, 5.41) is 7.83. The van der Waals surface area contributed by atoms with Gasteiger partial charge < -0.3 is 9.05 Å². The van der Waals surface area contributed by atoms with Gasteiger partial charge in [-0.25, -0.2) is 8.42 Å². The molecule has 0 radical (unpaired) electrons. The van der Waals surface area contributed by atoms with E-state index in [1.54, 1.807) is 38.4 Å². The topological polar surface area (TPSA) is 115 Å². The maximum absolute atomic E-state index is 13.0. The van der Waals surface area contributed by atoms with Crippen LogP contribution >= 0.6 is 0 Å². The van der Waals surface area contributed by atoms with E-state index < -0.39 is 10.0 Å². The molecule has 1 atom stereocenters. The van der Waals surface area contributed by atoms with Gasteiger partial charge >= 0.3 is 0 Å². The summed E-state index contributed by atoms with van der Waals surface area (Å²) in [6.07, 6.45) is 5.58. The van der Waals surface area contributed by atoms with Crippen LogP contribution in [0.25, 0.3) is 11.5 Å². The molecular weight excluding hydrogens is 382 g/mol. The lowest BCUT2D eigenvalue weighted by molar-refractivity contribution is 0.260. The fourth-order valence-electron chi connectivity index (χ4n) is 3.59. The molecule has 9 nitrogen and oxygen atoms in total. The standard InChI is InChI=1S/C18H21N5O4S/c1-12-17(13(2)26-21-12)28(24,25)23-9-3-4-14(11-23)10-16-20-18(27-22-16)15-5-7-19-8-6-15/h5-8,14H,3-4,9-11H2,1-2H3. The Hall–Kier alpha value is -2.59. The number of rotatable bonds is 5.